The largest absolute Gasteiger partial charge is 0.257 e. The molecule has 0 amide bonds. The molecule has 1 heterocycles. The normalized spacial score (nSPS) is 39.6. The molecule has 1 aliphatic heterocycles. The second kappa shape index (κ2) is 7.33. The number of rotatable bonds is 5. The fraction of sp³-hybridized carbons (Fsp3) is 1.00. The molecule has 4 atom stereocenters. The van der Waals surface area contributed by atoms with Crippen LogP contribution in [0.3, 0.4) is 0 Å². The topological polar surface area (TPSA) is 24.1 Å². The van der Waals surface area contributed by atoms with Gasteiger partial charge in [0.15, 0.2) is 0 Å². The van der Waals surface area contributed by atoms with Crippen molar-refractivity contribution in [3.05, 3.63) is 0 Å². The van der Waals surface area contributed by atoms with E-state index in [-0.39, 0.29) is 0 Å². The molecule has 0 aromatic rings. The molecule has 0 radical (unpaired) electrons. The standard InChI is InChI=1S/C16H32N2S/c1-4-5-6-10-16(2)11-13-12-17-18-15(16)9-7-8-14(13)19-3/h13-15,17-18H,4-12H2,1-3H3. The first-order valence-electron chi connectivity index (χ1n) is 8.21. The molecule has 2 aliphatic rings. The Morgan fingerprint density at radius 2 is 2.11 bits per heavy atom. The van der Waals surface area contributed by atoms with E-state index in [1.54, 1.807) is 0 Å². The van der Waals surface area contributed by atoms with Crippen LogP contribution in [0.4, 0.5) is 0 Å². The molecule has 112 valence electrons. The molecule has 2 bridgehead atoms. The molecule has 1 saturated heterocycles. The van der Waals surface area contributed by atoms with Crippen LogP contribution in [0.5, 0.6) is 0 Å². The Bertz CT molecular complexity index is 271. The van der Waals surface area contributed by atoms with E-state index in [9.17, 15) is 0 Å². The zero-order valence-electron chi connectivity index (χ0n) is 13.0. The average molecular weight is 285 g/mol. The first-order valence-corrected chi connectivity index (χ1v) is 9.49. The molecule has 2 rings (SSSR count). The highest BCUT2D eigenvalue weighted by molar-refractivity contribution is 7.99. The lowest BCUT2D eigenvalue weighted by atomic mass is 9.68. The molecule has 2 N–H and O–H groups in total. The molecular weight excluding hydrogens is 252 g/mol. The summed E-state index contributed by atoms with van der Waals surface area (Å²) in [6.07, 6.45) is 13.4. The summed E-state index contributed by atoms with van der Waals surface area (Å²) in [5, 5.41) is 0.860. The van der Waals surface area contributed by atoms with Gasteiger partial charge in [0.1, 0.15) is 0 Å². The van der Waals surface area contributed by atoms with Gasteiger partial charge in [-0.25, -0.2) is 0 Å². The van der Waals surface area contributed by atoms with Gasteiger partial charge in [0, 0.05) is 17.8 Å². The van der Waals surface area contributed by atoms with Gasteiger partial charge in [-0.05, 0) is 43.3 Å². The van der Waals surface area contributed by atoms with Gasteiger partial charge >= 0.3 is 0 Å². The predicted molar refractivity (Wildman–Crippen MR) is 86.4 cm³/mol. The third-order valence-corrected chi connectivity index (χ3v) is 6.60. The van der Waals surface area contributed by atoms with E-state index in [0.717, 1.165) is 17.7 Å². The van der Waals surface area contributed by atoms with Crippen molar-refractivity contribution < 1.29 is 0 Å². The average Bonchev–Trinajstić information content (AvgIpc) is 2.48. The maximum Gasteiger partial charge on any atom is 0.0266 e. The number of hydrogen-bond acceptors (Lipinski definition) is 3. The quantitative estimate of drug-likeness (QED) is 0.747. The van der Waals surface area contributed by atoms with Crippen LogP contribution in [-0.4, -0.2) is 24.1 Å². The lowest BCUT2D eigenvalue weighted by molar-refractivity contribution is 0.143. The van der Waals surface area contributed by atoms with Gasteiger partial charge in [0.2, 0.25) is 0 Å². The molecule has 1 saturated carbocycles. The molecule has 2 fully saturated rings. The van der Waals surface area contributed by atoms with Crippen molar-refractivity contribution in [3.8, 4) is 0 Å². The first-order chi connectivity index (χ1) is 9.19. The molecular formula is C16H32N2S. The fourth-order valence-corrected chi connectivity index (χ4v) is 5.09. The van der Waals surface area contributed by atoms with E-state index in [4.69, 9.17) is 0 Å². The molecule has 0 aromatic carbocycles. The predicted octanol–water partition coefficient (Wildman–Crippen LogP) is 3.97. The van der Waals surface area contributed by atoms with E-state index >= 15 is 0 Å². The highest BCUT2D eigenvalue weighted by Gasteiger charge is 2.41. The summed E-state index contributed by atoms with van der Waals surface area (Å²) in [6, 6.07) is 0.678. The number of fused-ring (bicyclic) bond motifs is 3. The monoisotopic (exact) mass is 284 g/mol. The van der Waals surface area contributed by atoms with E-state index in [2.05, 4.69) is 42.7 Å². The minimum Gasteiger partial charge on any atom is -0.257 e. The van der Waals surface area contributed by atoms with Crippen LogP contribution in [0.1, 0.15) is 65.2 Å². The van der Waals surface area contributed by atoms with Crippen LogP contribution >= 0.6 is 11.8 Å². The maximum atomic E-state index is 3.66. The van der Waals surface area contributed by atoms with Crippen molar-refractivity contribution in [2.45, 2.75) is 76.5 Å². The maximum absolute atomic E-state index is 3.66. The van der Waals surface area contributed by atoms with Crippen molar-refractivity contribution in [1.82, 2.24) is 10.9 Å². The Morgan fingerprint density at radius 3 is 2.84 bits per heavy atom. The van der Waals surface area contributed by atoms with Crippen molar-refractivity contribution in [2.24, 2.45) is 11.3 Å². The van der Waals surface area contributed by atoms with Crippen LogP contribution in [0, 0.1) is 11.3 Å². The summed E-state index contributed by atoms with van der Waals surface area (Å²) in [6.45, 7) is 6.01. The Hall–Kier alpha value is 0.270. The fourth-order valence-electron chi connectivity index (χ4n) is 4.11. The summed E-state index contributed by atoms with van der Waals surface area (Å²) in [5.74, 6) is 0.847. The van der Waals surface area contributed by atoms with Gasteiger partial charge in [-0.3, -0.25) is 10.9 Å². The van der Waals surface area contributed by atoms with Crippen LogP contribution in [0.25, 0.3) is 0 Å². The SMILES string of the molecule is CCCCCC1(C)CC2CNNC1CCCC2SC. The third kappa shape index (κ3) is 3.89. The summed E-state index contributed by atoms with van der Waals surface area (Å²) >= 11 is 2.10. The van der Waals surface area contributed by atoms with Crippen molar-refractivity contribution in [2.75, 3.05) is 12.8 Å². The third-order valence-electron chi connectivity index (χ3n) is 5.37. The summed E-state index contributed by atoms with van der Waals surface area (Å²) in [4.78, 5) is 0. The van der Waals surface area contributed by atoms with Crippen LogP contribution in [0.2, 0.25) is 0 Å². The van der Waals surface area contributed by atoms with Crippen LogP contribution < -0.4 is 10.9 Å². The Morgan fingerprint density at radius 1 is 1.26 bits per heavy atom. The van der Waals surface area contributed by atoms with Gasteiger partial charge in [0.05, 0.1) is 0 Å². The number of thioether (sulfide) groups is 1. The van der Waals surface area contributed by atoms with E-state index < -0.39 is 0 Å². The molecule has 4 unspecified atom stereocenters. The van der Waals surface area contributed by atoms with Crippen LogP contribution in [-0.2, 0) is 0 Å². The second-order valence-electron chi connectivity index (χ2n) is 6.86. The lowest BCUT2D eigenvalue weighted by Gasteiger charge is -2.41. The zero-order chi connectivity index (χ0) is 13.7. The number of hydrogen-bond donors (Lipinski definition) is 2. The highest BCUT2D eigenvalue weighted by atomic mass is 32.2. The Kier molecular flexibility index (Phi) is 6.04. The number of nitrogens with one attached hydrogen (secondary N) is 2. The van der Waals surface area contributed by atoms with Gasteiger partial charge in [-0.1, -0.05) is 39.5 Å². The van der Waals surface area contributed by atoms with E-state index in [1.807, 2.05) is 0 Å². The summed E-state index contributed by atoms with van der Waals surface area (Å²) in [5.41, 5.74) is 7.69. The summed E-state index contributed by atoms with van der Waals surface area (Å²) < 4.78 is 0. The Balaban J connectivity index is 2.08. The molecule has 0 spiro atoms. The first kappa shape index (κ1) is 15.7. The minimum absolute atomic E-state index is 0.498. The molecule has 3 heteroatoms. The van der Waals surface area contributed by atoms with Crippen molar-refractivity contribution >= 4 is 11.8 Å². The highest BCUT2D eigenvalue weighted by Crippen LogP contribution is 2.43. The minimum atomic E-state index is 0.498. The summed E-state index contributed by atoms with van der Waals surface area (Å²) in [7, 11) is 0. The smallest absolute Gasteiger partial charge is 0.0266 e. The van der Waals surface area contributed by atoms with Gasteiger partial charge in [0.25, 0.3) is 0 Å². The molecule has 2 nitrogen and oxygen atoms in total. The second-order valence-corrected chi connectivity index (χ2v) is 7.94. The van der Waals surface area contributed by atoms with Crippen LogP contribution in [0.15, 0.2) is 0 Å². The molecule has 1 aliphatic carbocycles. The Labute approximate surface area is 123 Å². The van der Waals surface area contributed by atoms with E-state index in [1.165, 1.54) is 51.4 Å². The van der Waals surface area contributed by atoms with Gasteiger partial charge < -0.3 is 0 Å². The van der Waals surface area contributed by atoms with Crippen molar-refractivity contribution in [1.29, 1.82) is 0 Å². The van der Waals surface area contributed by atoms with Gasteiger partial charge in [-0.2, -0.15) is 11.8 Å². The number of hydrazine groups is 1. The number of unbranched alkanes of at least 4 members (excludes halogenated alkanes) is 2. The zero-order valence-corrected chi connectivity index (χ0v) is 13.8. The van der Waals surface area contributed by atoms with Crippen molar-refractivity contribution in [3.63, 3.8) is 0 Å². The molecule has 0 aromatic heterocycles. The van der Waals surface area contributed by atoms with E-state index in [0.29, 0.717) is 11.5 Å². The molecule has 19 heavy (non-hydrogen) atoms. The van der Waals surface area contributed by atoms with Gasteiger partial charge in [-0.15, -0.1) is 0 Å². The lowest BCUT2D eigenvalue weighted by Crippen LogP contribution is -2.47.